The Morgan fingerprint density at radius 3 is 0.500 bits per heavy atom. The molecule has 0 heterocycles. The summed E-state index contributed by atoms with van der Waals surface area (Å²) in [6.45, 7) is 0. The zero-order valence-corrected chi connectivity index (χ0v) is 13.3. The molecule has 0 rings (SSSR count). The summed E-state index contributed by atoms with van der Waals surface area (Å²) in [6, 6.07) is 0. The first-order chi connectivity index (χ1) is 6.66. The van der Waals surface area contributed by atoms with Crippen LogP contribution in [0.4, 0.5) is 0 Å². The summed E-state index contributed by atoms with van der Waals surface area (Å²) in [4.78, 5) is 0. The highest BCUT2D eigenvalue weighted by molar-refractivity contribution is 6.41. The summed E-state index contributed by atoms with van der Waals surface area (Å²) in [6.07, 6.45) is 0. The van der Waals surface area contributed by atoms with Gasteiger partial charge in [0.05, 0.1) is 21.4 Å². The molecule has 0 aromatic rings. The smallest absolute Gasteiger partial charge is 0.0967 e. The first-order valence-corrected chi connectivity index (χ1v) is 6.86. The molecule has 1 nitrogen and oxygen atoms in total. The quantitative estimate of drug-likeness (QED) is 0.573. The van der Waals surface area contributed by atoms with Crippen LogP contribution < -0.4 is 0 Å². The van der Waals surface area contributed by atoms with Gasteiger partial charge in [0.15, 0.2) is 0 Å². The molecule has 14 heavy (non-hydrogen) atoms. The first kappa shape index (κ1) is 29.9. The Kier molecular flexibility index (Phi) is 169. The van der Waals surface area contributed by atoms with E-state index in [2.05, 4.69) is 0 Å². The lowest BCUT2D eigenvalue weighted by Crippen LogP contribution is -1.25. The Labute approximate surface area is 125 Å². The summed E-state index contributed by atoms with van der Waals surface area (Å²) in [5.74, 6) is 0. The topological polar surface area (TPSA) is 20.2 Å². The van der Waals surface area contributed by atoms with E-state index in [-0.39, 0.29) is 21.4 Å². The third-order valence-electron chi connectivity index (χ3n) is 0. The predicted molar refractivity (Wildman–Crippen MR) is 74.4 cm³/mol. The number of aliphatic hydroxyl groups excluding tert-OH is 1. The number of halogens is 8. The van der Waals surface area contributed by atoms with Gasteiger partial charge in [-0.1, -0.05) is 0 Å². The van der Waals surface area contributed by atoms with Crippen molar-refractivity contribution in [1.29, 1.82) is 0 Å². The molecule has 0 saturated heterocycles. The number of alkyl halides is 8. The van der Waals surface area contributed by atoms with Gasteiger partial charge < -0.3 is 5.11 Å². The van der Waals surface area contributed by atoms with E-state index >= 15 is 0 Å². The van der Waals surface area contributed by atoms with E-state index < -0.39 is 0 Å². The third-order valence-corrected chi connectivity index (χ3v) is 0. The third kappa shape index (κ3) is 484. The van der Waals surface area contributed by atoms with E-state index in [1.54, 1.807) is 0 Å². The average molecular weight is 372 g/mol. The van der Waals surface area contributed by atoms with Crippen LogP contribution in [0.25, 0.3) is 0 Å². The van der Waals surface area contributed by atoms with Crippen LogP contribution in [-0.2, 0) is 0 Å². The summed E-state index contributed by atoms with van der Waals surface area (Å²) in [5, 5.41) is 7.78. The molecule has 9 heteroatoms. The molecule has 0 aromatic carbocycles. The highest BCUT2D eigenvalue weighted by atomic mass is 35.5. The fourth-order valence-corrected chi connectivity index (χ4v) is 0. The van der Waals surface area contributed by atoms with Gasteiger partial charge in [-0.3, -0.25) is 0 Å². The van der Waals surface area contributed by atoms with Crippen molar-refractivity contribution in [3.05, 3.63) is 0 Å². The lowest BCUT2D eigenvalue weighted by molar-refractivity contribution is 0.399. The van der Waals surface area contributed by atoms with E-state index in [9.17, 15) is 0 Å². The van der Waals surface area contributed by atoms with Crippen LogP contribution in [0.5, 0.6) is 0 Å². The number of hydrogen-bond donors (Lipinski definition) is 1. The van der Waals surface area contributed by atoms with Crippen molar-refractivity contribution < 1.29 is 5.11 Å². The summed E-state index contributed by atoms with van der Waals surface area (Å²) >= 11 is 38.1. The molecule has 0 atom stereocenters. The van der Waals surface area contributed by atoms with E-state index in [0.717, 1.165) is 7.11 Å². The van der Waals surface area contributed by atoms with E-state index in [1.807, 2.05) is 0 Å². The maximum atomic E-state index is 7.00. The van der Waals surface area contributed by atoms with Crippen molar-refractivity contribution >= 4 is 92.8 Å². The van der Waals surface area contributed by atoms with Crippen molar-refractivity contribution in [2.24, 2.45) is 0 Å². The van der Waals surface area contributed by atoms with Gasteiger partial charge in [0.1, 0.15) is 0 Å². The zero-order valence-electron chi connectivity index (χ0n) is 7.30. The second-order valence-electron chi connectivity index (χ2n) is 0.404. The van der Waals surface area contributed by atoms with Crippen molar-refractivity contribution in [2.75, 3.05) is 28.5 Å². The van der Waals surface area contributed by atoms with Crippen LogP contribution >= 0.6 is 92.8 Å². The van der Waals surface area contributed by atoms with Crippen LogP contribution in [0.15, 0.2) is 0 Å². The molecule has 0 aliphatic rings. The van der Waals surface area contributed by atoms with E-state index in [4.69, 9.17) is 97.9 Å². The van der Waals surface area contributed by atoms with Gasteiger partial charge in [-0.25, -0.2) is 0 Å². The molecule has 94 valence electrons. The van der Waals surface area contributed by atoms with Crippen LogP contribution in [0.3, 0.4) is 0 Å². The molecular formula is C5H12Cl8O. The molecular weight excluding hydrogens is 360 g/mol. The highest BCUT2D eigenvalue weighted by Gasteiger charge is 1.42. The van der Waals surface area contributed by atoms with Crippen molar-refractivity contribution in [2.45, 2.75) is 0 Å². The van der Waals surface area contributed by atoms with Crippen molar-refractivity contribution in [1.82, 2.24) is 0 Å². The molecule has 0 aliphatic heterocycles. The monoisotopic (exact) mass is 368 g/mol. The largest absolute Gasteiger partial charge is 0.400 e. The zero-order chi connectivity index (χ0) is 12.8. The van der Waals surface area contributed by atoms with Gasteiger partial charge >= 0.3 is 0 Å². The van der Waals surface area contributed by atoms with Crippen LogP contribution in [-0.4, -0.2) is 33.6 Å². The van der Waals surface area contributed by atoms with Gasteiger partial charge in [0, 0.05) is 7.11 Å². The first-order valence-electron chi connectivity index (χ1n) is 2.59. The standard InChI is InChI=1S/4CH2Cl2.CH4O/c4*2-1-3;1-2/h4*1H2;2H,1H3. The molecule has 0 aliphatic carbocycles. The lowest BCUT2D eigenvalue weighted by Gasteiger charge is -1.42. The summed E-state index contributed by atoms with van der Waals surface area (Å²) < 4.78 is 0. The van der Waals surface area contributed by atoms with Gasteiger partial charge in [-0.2, -0.15) is 0 Å². The minimum absolute atomic E-state index is 0.194. The Balaban J connectivity index is -0.0000000243. The number of hydrogen-bond acceptors (Lipinski definition) is 1. The van der Waals surface area contributed by atoms with E-state index in [0.29, 0.717) is 0 Å². The minimum atomic E-state index is 0.194. The average Bonchev–Trinajstić information content (AvgIpc) is 2.12. The maximum Gasteiger partial charge on any atom is 0.0967 e. The Morgan fingerprint density at radius 2 is 0.500 bits per heavy atom. The van der Waals surface area contributed by atoms with Crippen LogP contribution in [0.1, 0.15) is 0 Å². The molecule has 0 aromatic heterocycles. The molecule has 0 amide bonds. The predicted octanol–water partition coefficient (Wildman–Crippen LogP) is 5.29. The molecule has 0 unspecified atom stereocenters. The number of rotatable bonds is 0. The van der Waals surface area contributed by atoms with Gasteiger partial charge in [-0.15, -0.1) is 92.8 Å². The number of aliphatic hydroxyl groups is 1. The summed E-state index contributed by atoms with van der Waals surface area (Å²) in [5.41, 5.74) is 0. The van der Waals surface area contributed by atoms with Crippen molar-refractivity contribution in [3.63, 3.8) is 0 Å². The lowest BCUT2D eigenvalue weighted by atomic mass is 11.8. The Hall–Kier alpha value is 2.28. The molecule has 0 saturated carbocycles. The SMILES string of the molecule is CO.ClCCl.ClCCl.ClCCl.ClCCl. The van der Waals surface area contributed by atoms with Crippen molar-refractivity contribution in [3.8, 4) is 0 Å². The molecule has 1 N–H and O–H groups in total. The molecule has 0 fully saturated rings. The Morgan fingerprint density at radius 1 is 0.500 bits per heavy atom. The second-order valence-corrected chi connectivity index (χ2v) is 3.64. The van der Waals surface area contributed by atoms with Gasteiger partial charge in [-0.05, 0) is 0 Å². The highest BCUT2D eigenvalue weighted by Crippen LogP contribution is 1.74. The fourth-order valence-electron chi connectivity index (χ4n) is 0. The van der Waals surface area contributed by atoms with Crippen LogP contribution in [0, 0.1) is 0 Å². The maximum absolute atomic E-state index is 7.00. The normalized spacial score (nSPS) is 5.57. The minimum Gasteiger partial charge on any atom is -0.400 e. The van der Waals surface area contributed by atoms with Gasteiger partial charge in [0.25, 0.3) is 0 Å². The molecule has 0 radical (unpaired) electrons. The van der Waals surface area contributed by atoms with E-state index in [1.165, 1.54) is 0 Å². The Bertz CT molecular complexity index is 25.7. The van der Waals surface area contributed by atoms with Crippen LogP contribution in [0.2, 0.25) is 0 Å². The summed E-state index contributed by atoms with van der Waals surface area (Å²) in [7, 11) is 1.00. The second kappa shape index (κ2) is 79.0. The molecule has 0 spiro atoms. The fraction of sp³-hybridized carbons (Fsp3) is 1.00. The van der Waals surface area contributed by atoms with Gasteiger partial charge in [0.2, 0.25) is 0 Å². The molecule has 0 bridgehead atoms.